The fourth-order valence-electron chi connectivity index (χ4n) is 12.1. The van der Waals surface area contributed by atoms with Crippen molar-refractivity contribution < 1.29 is 4.42 Å². The van der Waals surface area contributed by atoms with E-state index in [1.807, 2.05) is 17.5 Å². The molecule has 0 amide bonds. The average Bonchev–Trinajstić information content (AvgIpc) is 3.80. The monoisotopic (exact) mass is 632 g/mol. The van der Waals surface area contributed by atoms with E-state index in [0.717, 1.165) is 78.1 Å². The summed E-state index contributed by atoms with van der Waals surface area (Å²) >= 11 is 1.88. The minimum atomic E-state index is 0.360. The molecule has 8 bridgehead atoms. The summed E-state index contributed by atoms with van der Waals surface area (Å²) in [5.41, 5.74) is 4.31. The van der Waals surface area contributed by atoms with Crippen molar-refractivity contribution in [1.82, 2.24) is 20.6 Å². The van der Waals surface area contributed by atoms with Crippen LogP contribution in [0.25, 0.3) is 21.9 Å². The molecule has 0 atom stereocenters. The van der Waals surface area contributed by atoms with Crippen molar-refractivity contribution in [2.24, 2.45) is 35.5 Å². The average molecular weight is 633 g/mol. The maximum absolute atomic E-state index is 6.41. The van der Waals surface area contributed by atoms with Gasteiger partial charge in [-0.25, -0.2) is 4.98 Å². The van der Waals surface area contributed by atoms with Crippen molar-refractivity contribution in [3.8, 4) is 21.9 Å². The lowest BCUT2D eigenvalue weighted by Crippen LogP contribution is -2.58. The molecule has 3 heterocycles. The smallest absolute Gasteiger partial charge is 0.144 e. The Kier molecular flexibility index (Phi) is 6.74. The van der Waals surface area contributed by atoms with E-state index in [0.29, 0.717) is 11.1 Å². The van der Waals surface area contributed by atoms with Gasteiger partial charge in [-0.05, 0) is 154 Å². The van der Waals surface area contributed by atoms with Crippen LogP contribution in [-0.4, -0.2) is 21.0 Å². The van der Waals surface area contributed by atoms with Crippen LogP contribution < -0.4 is 10.6 Å². The third kappa shape index (κ3) is 5.33. The van der Waals surface area contributed by atoms with Crippen molar-refractivity contribution >= 4 is 11.3 Å². The number of benzene rings is 1. The highest BCUT2D eigenvalue weighted by Gasteiger charge is 2.51. The number of nitrogens with zero attached hydrogens (tertiary/aromatic N) is 1. The molecule has 8 aliphatic carbocycles. The summed E-state index contributed by atoms with van der Waals surface area (Å²) in [7, 11) is 0. The van der Waals surface area contributed by atoms with Gasteiger partial charge < -0.3 is 20.0 Å². The lowest BCUT2D eigenvalue weighted by molar-refractivity contribution is -0.0209. The van der Waals surface area contributed by atoms with Gasteiger partial charge >= 0.3 is 0 Å². The molecule has 3 N–H and O–H groups in total. The Morgan fingerprint density at radius 3 is 2.02 bits per heavy atom. The van der Waals surface area contributed by atoms with Crippen LogP contribution in [0, 0.1) is 35.5 Å². The van der Waals surface area contributed by atoms with Crippen molar-refractivity contribution in [1.29, 1.82) is 0 Å². The molecule has 0 saturated heterocycles. The van der Waals surface area contributed by atoms with Crippen molar-refractivity contribution in [3.63, 3.8) is 0 Å². The molecule has 12 rings (SSSR count). The first-order valence-electron chi connectivity index (χ1n) is 18.3. The number of imidazole rings is 1. The molecule has 0 unspecified atom stereocenters. The largest absolute Gasteiger partial charge is 0.460 e. The molecule has 4 aromatic rings. The molecule has 3 aromatic heterocycles. The van der Waals surface area contributed by atoms with Gasteiger partial charge in [-0.3, -0.25) is 0 Å². The molecule has 8 saturated carbocycles. The van der Waals surface area contributed by atoms with Crippen LogP contribution in [0.5, 0.6) is 0 Å². The number of furan rings is 1. The van der Waals surface area contributed by atoms with E-state index in [1.165, 1.54) is 97.9 Å². The molecule has 6 heteroatoms. The molecule has 0 radical (unpaired) electrons. The van der Waals surface area contributed by atoms with Gasteiger partial charge in [0.05, 0.1) is 23.3 Å². The number of H-pyrrole nitrogens is 1. The zero-order valence-electron chi connectivity index (χ0n) is 27.0. The van der Waals surface area contributed by atoms with Crippen LogP contribution in [0.1, 0.15) is 99.1 Å². The van der Waals surface area contributed by atoms with E-state index < -0.39 is 0 Å². The summed E-state index contributed by atoms with van der Waals surface area (Å²) < 4.78 is 6.41. The third-order valence-electron chi connectivity index (χ3n) is 13.2. The molecular formula is C40H48N4OS. The predicted octanol–water partition coefficient (Wildman–Crippen LogP) is 9.11. The number of thiophene rings is 1. The summed E-state index contributed by atoms with van der Waals surface area (Å²) in [6.07, 6.45) is 20.1. The second-order valence-electron chi connectivity index (χ2n) is 16.8. The minimum Gasteiger partial charge on any atom is -0.460 e. The van der Waals surface area contributed by atoms with Gasteiger partial charge in [-0.2, -0.15) is 0 Å². The highest BCUT2D eigenvalue weighted by molar-refractivity contribution is 7.15. The first kappa shape index (κ1) is 28.4. The van der Waals surface area contributed by atoms with E-state index in [4.69, 9.17) is 9.40 Å². The predicted molar refractivity (Wildman–Crippen MR) is 184 cm³/mol. The zero-order valence-corrected chi connectivity index (χ0v) is 27.8. The normalized spacial score (nSPS) is 35.4. The molecule has 46 heavy (non-hydrogen) atoms. The second kappa shape index (κ2) is 10.9. The van der Waals surface area contributed by atoms with Crippen molar-refractivity contribution in [2.75, 3.05) is 0 Å². The van der Waals surface area contributed by atoms with Gasteiger partial charge in [0, 0.05) is 28.9 Å². The van der Waals surface area contributed by atoms with Gasteiger partial charge in [-0.15, -0.1) is 11.3 Å². The molecule has 5 nitrogen and oxygen atoms in total. The molecule has 8 aliphatic rings. The van der Waals surface area contributed by atoms with E-state index in [2.05, 4.69) is 64.1 Å². The summed E-state index contributed by atoms with van der Waals surface area (Å²) in [6.45, 7) is 1.83. The van der Waals surface area contributed by atoms with Gasteiger partial charge in [0.2, 0.25) is 0 Å². The van der Waals surface area contributed by atoms with E-state index in [-0.39, 0.29) is 0 Å². The molecule has 0 spiro atoms. The highest BCUT2D eigenvalue weighted by atomic mass is 32.1. The number of nitrogens with one attached hydrogen (secondary N) is 3. The Morgan fingerprint density at radius 2 is 1.37 bits per heavy atom. The van der Waals surface area contributed by atoms with Crippen LogP contribution in [0.3, 0.4) is 0 Å². The van der Waals surface area contributed by atoms with Gasteiger partial charge in [0.25, 0.3) is 0 Å². The zero-order chi connectivity index (χ0) is 30.3. The molecule has 0 aliphatic heterocycles. The fraction of sp³-hybridized carbons (Fsp3) is 0.575. The third-order valence-corrected chi connectivity index (χ3v) is 14.3. The van der Waals surface area contributed by atoms with Crippen LogP contribution in [0.15, 0.2) is 59.1 Å². The van der Waals surface area contributed by atoms with E-state index in [1.54, 1.807) is 0 Å². The maximum Gasteiger partial charge on any atom is 0.144 e. The number of hydrogen-bond donors (Lipinski definition) is 3. The first-order chi connectivity index (χ1) is 22.5. The standard InChI is InChI=1S/C40H48N4OS/c1-2-25(14-32(3-1)35-23-41-38(44-35)24-43-40-19-29-11-30(20-40)13-31(12-29)21-40)15-33-4-6-36(45-33)37-7-5-34(46-37)22-42-39-16-26-8-27(17-39)10-28(9-26)18-39/h1-7,14,23,26-31,42-43H,8-13,15-22,24H2,(H,41,44). The first-order valence-corrected chi connectivity index (χ1v) is 19.1. The number of hydrogen-bond acceptors (Lipinski definition) is 5. The summed E-state index contributed by atoms with van der Waals surface area (Å²) in [5.74, 6) is 8.87. The molecule has 240 valence electrons. The molecule has 1 aromatic carbocycles. The molecular weight excluding hydrogens is 585 g/mol. The topological polar surface area (TPSA) is 65.9 Å². The lowest BCUT2D eigenvalue weighted by Gasteiger charge is -2.57. The fourth-order valence-corrected chi connectivity index (χ4v) is 13.0. The summed E-state index contributed by atoms with van der Waals surface area (Å²) in [5, 5.41) is 8.06. The lowest BCUT2D eigenvalue weighted by atomic mass is 9.53. The number of aromatic amines is 1. The quantitative estimate of drug-likeness (QED) is 0.163. The Hall–Kier alpha value is -2.67. The van der Waals surface area contributed by atoms with Gasteiger partial charge in [-0.1, -0.05) is 18.2 Å². The highest BCUT2D eigenvalue weighted by Crippen LogP contribution is 2.57. The van der Waals surface area contributed by atoms with E-state index >= 15 is 0 Å². The number of aromatic nitrogens is 2. The number of rotatable bonds is 10. The van der Waals surface area contributed by atoms with Gasteiger partial charge in [0.1, 0.15) is 17.3 Å². The Balaban J connectivity index is 0.767. The molecule has 8 fully saturated rings. The van der Waals surface area contributed by atoms with Crippen LogP contribution >= 0.6 is 11.3 Å². The van der Waals surface area contributed by atoms with Gasteiger partial charge in [0.15, 0.2) is 0 Å². The van der Waals surface area contributed by atoms with Crippen molar-refractivity contribution in [3.05, 3.63) is 76.8 Å². The van der Waals surface area contributed by atoms with Crippen molar-refractivity contribution in [2.45, 2.75) is 108 Å². The SMILES string of the molecule is c1cc(Cc2ccc(-c3ccc(CNC45CC6CC(CC(C6)C4)C5)s3)o2)cc(-c2cnc(CNC34CC5CC(CC(C5)C3)C4)[nH]2)c1. The second-order valence-corrected chi connectivity index (χ2v) is 17.9. The Labute approximate surface area is 277 Å². The summed E-state index contributed by atoms with van der Waals surface area (Å²) in [4.78, 5) is 11.1. The summed E-state index contributed by atoms with van der Waals surface area (Å²) in [6, 6.07) is 17.7. The van der Waals surface area contributed by atoms with E-state index in [9.17, 15) is 0 Å². The Bertz CT molecular complexity index is 1660. The maximum atomic E-state index is 6.41. The van der Waals surface area contributed by atoms with Crippen LogP contribution in [-0.2, 0) is 19.5 Å². The Morgan fingerprint density at radius 1 is 0.739 bits per heavy atom. The van der Waals surface area contributed by atoms with Crippen LogP contribution in [0.2, 0.25) is 0 Å². The van der Waals surface area contributed by atoms with Crippen LogP contribution in [0.4, 0.5) is 0 Å². The minimum absolute atomic E-state index is 0.360.